The summed E-state index contributed by atoms with van der Waals surface area (Å²) in [6, 6.07) is 8.05. The Kier molecular flexibility index (Phi) is 5.65. The minimum atomic E-state index is -0.314. The second-order valence-corrected chi connectivity index (χ2v) is 4.26. The van der Waals surface area contributed by atoms with Gasteiger partial charge in [0.1, 0.15) is 6.04 Å². The van der Waals surface area contributed by atoms with Crippen LogP contribution in [0, 0.1) is 0 Å². The molecular formula is C14H22N2O2. The van der Waals surface area contributed by atoms with Crippen molar-refractivity contribution in [1.82, 2.24) is 5.32 Å². The number of hydrogen-bond donors (Lipinski definition) is 1. The average Bonchev–Trinajstić information content (AvgIpc) is 2.43. The van der Waals surface area contributed by atoms with E-state index in [4.69, 9.17) is 4.74 Å². The minimum Gasteiger partial charge on any atom is -0.468 e. The molecule has 0 aliphatic rings. The van der Waals surface area contributed by atoms with Crippen LogP contribution in [0.25, 0.3) is 0 Å². The second-order valence-electron chi connectivity index (χ2n) is 4.26. The topological polar surface area (TPSA) is 41.6 Å². The Balaban J connectivity index is 2.68. The van der Waals surface area contributed by atoms with Crippen LogP contribution in [0.1, 0.15) is 12.5 Å². The van der Waals surface area contributed by atoms with Crippen molar-refractivity contribution in [2.75, 3.05) is 32.6 Å². The van der Waals surface area contributed by atoms with E-state index in [1.165, 1.54) is 12.7 Å². The van der Waals surface area contributed by atoms with E-state index in [1.807, 2.05) is 11.9 Å². The molecule has 0 heterocycles. The first-order chi connectivity index (χ1) is 8.62. The lowest BCUT2D eigenvalue weighted by molar-refractivity contribution is -0.142. The summed E-state index contributed by atoms with van der Waals surface area (Å²) in [5.74, 6) is -0.241. The lowest BCUT2D eigenvalue weighted by Crippen LogP contribution is -2.44. The zero-order chi connectivity index (χ0) is 13.5. The number of esters is 1. The SMILES string of the molecule is CCc1ccc(N(C)CC(NC)C(=O)OC)cc1. The van der Waals surface area contributed by atoms with Gasteiger partial charge in [-0.3, -0.25) is 4.79 Å². The molecule has 1 aromatic rings. The van der Waals surface area contributed by atoms with Gasteiger partial charge in [-0.15, -0.1) is 0 Å². The quantitative estimate of drug-likeness (QED) is 0.776. The van der Waals surface area contributed by atoms with Gasteiger partial charge in [0.2, 0.25) is 0 Å². The number of carbonyl (C=O) groups is 1. The largest absolute Gasteiger partial charge is 0.468 e. The van der Waals surface area contributed by atoms with Crippen molar-refractivity contribution in [1.29, 1.82) is 0 Å². The molecule has 0 saturated heterocycles. The lowest BCUT2D eigenvalue weighted by atomic mass is 10.1. The van der Waals surface area contributed by atoms with Crippen molar-refractivity contribution in [3.05, 3.63) is 29.8 Å². The highest BCUT2D eigenvalue weighted by Gasteiger charge is 2.18. The number of benzene rings is 1. The molecule has 0 radical (unpaired) electrons. The van der Waals surface area contributed by atoms with Gasteiger partial charge < -0.3 is 15.0 Å². The van der Waals surface area contributed by atoms with E-state index < -0.39 is 0 Å². The lowest BCUT2D eigenvalue weighted by Gasteiger charge is -2.24. The molecule has 0 fully saturated rings. The van der Waals surface area contributed by atoms with E-state index in [0.29, 0.717) is 6.54 Å². The smallest absolute Gasteiger partial charge is 0.324 e. The summed E-state index contributed by atoms with van der Waals surface area (Å²) >= 11 is 0. The maximum absolute atomic E-state index is 11.5. The number of methoxy groups -OCH3 is 1. The zero-order valence-electron chi connectivity index (χ0n) is 11.6. The third-order valence-corrected chi connectivity index (χ3v) is 3.08. The first-order valence-corrected chi connectivity index (χ1v) is 6.17. The van der Waals surface area contributed by atoms with E-state index in [2.05, 4.69) is 36.5 Å². The predicted molar refractivity (Wildman–Crippen MR) is 74.0 cm³/mol. The number of nitrogens with one attached hydrogen (secondary N) is 1. The van der Waals surface area contributed by atoms with Crippen molar-refractivity contribution in [2.24, 2.45) is 0 Å². The van der Waals surface area contributed by atoms with Crippen molar-refractivity contribution in [3.63, 3.8) is 0 Å². The Hall–Kier alpha value is -1.55. The Bertz CT molecular complexity index is 376. The summed E-state index contributed by atoms with van der Waals surface area (Å²) in [7, 11) is 5.13. The zero-order valence-corrected chi connectivity index (χ0v) is 11.6. The summed E-state index contributed by atoms with van der Waals surface area (Å²) < 4.78 is 4.75. The second kappa shape index (κ2) is 7.01. The van der Waals surface area contributed by atoms with Crippen molar-refractivity contribution in [2.45, 2.75) is 19.4 Å². The van der Waals surface area contributed by atoms with Gasteiger partial charge in [-0.25, -0.2) is 0 Å². The van der Waals surface area contributed by atoms with E-state index in [0.717, 1.165) is 12.1 Å². The molecule has 18 heavy (non-hydrogen) atoms. The van der Waals surface area contributed by atoms with E-state index in [1.54, 1.807) is 7.05 Å². The van der Waals surface area contributed by atoms with Gasteiger partial charge in [0.15, 0.2) is 0 Å². The fraction of sp³-hybridized carbons (Fsp3) is 0.500. The number of carbonyl (C=O) groups excluding carboxylic acids is 1. The molecular weight excluding hydrogens is 228 g/mol. The van der Waals surface area contributed by atoms with Gasteiger partial charge in [0.25, 0.3) is 0 Å². The third-order valence-electron chi connectivity index (χ3n) is 3.08. The number of nitrogens with zero attached hydrogens (tertiary/aromatic N) is 1. The van der Waals surface area contributed by atoms with Gasteiger partial charge >= 0.3 is 5.97 Å². The van der Waals surface area contributed by atoms with E-state index in [-0.39, 0.29) is 12.0 Å². The number of likely N-dealkylation sites (N-methyl/N-ethyl adjacent to an activating group) is 2. The molecule has 1 rings (SSSR count). The normalized spacial score (nSPS) is 12.0. The van der Waals surface area contributed by atoms with Crippen LogP contribution in [0.3, 0.4) is 0 Å². The number of hydrogen-bond acceptors (Lipinski definition) is 4. The number of aryl methyl sites for hydroxylation is 1. The van der Waals surface area contributed by atoms with Crippen LogP contribution < -0.4 is 10.2 Å². The maximum atomic E-state index is 11.5. The number of ether oxygens (including phenoxy) is 1. The van der Waals surface area contributed by atoms with Gasteiger partial charge in [0, 0.05) is 19.3 Å². The highest BCUT2D eigenvalue weighted by atomic mass is 16.5. The Labute approximate surface area is 109 Å². The number of rotatable bonds is 6. The van der Waals surface area contributed by atoms with Crippen LogP contribution in [-0.2, 0) is 16.0 Å². The molecule has 4 heteroatoms. The predicted octanol–water partition coefficient (Wildman–Crippen LogP) is 1.45. The molecule has 0 aliphatic heterocycles. The van der Waals surface area contributed by atoms with Gasteiger partial charge in [0.05, 0.1) is 7.11 Å². The Morgan fingerprint density at radius 2 is 2.00 bits per heavy atom. The fourth-order valence-electron chi connectivity index (χ4n) is 1.79. The van der Waals surface area contributed by atoms with Crippen LogP contribution in [0.15, 0.2) is 24.3 Å². The van der Waals surface area contributed by atoms with E-state index >= 15 is 0 Å². The Morgan fingerprint density at radius 3 is 2.44 bits per heavy atom. The molecule has 4 nitrogen and oxygen atoms in total. The van der Waals surface area contributed by atoms with Crippen molar-refractivity contribution < 1.29 is 9.53 Å². The Morgan fingerprint density at radius 1 is 1.39 bits per heavy atom. The molecule has 100 valence electrons. The molecule has 1 N–H and O–H groups in total. The summed E-state index contributed by atoms with van der Waals surface area (Å²) in [6.45, 7) is 2.71. The first-order valence-electron chi connectivity index (χ1n) is 6.17. The first kappa shape index (κ1) is 14.5. The monoisotopic (exact) mass is 250 g/mol. The molecule has 1 unspecified atom stereocenters. The van der Waals surface area contributed by atoms with E-state index in [9.17, 15) is 4.79 Å². The van der Waals surface area contributed by atoms with Crippen LogP contribution in [0.2, 0.25) is 0 Å². The van der Waals surface area contributed by atoms with Gasteiger partial charge in [-0.2, -0.15) is 0 Å². The highest BCUT2D eigenvalue weighted by molar-refractivity contribution is 5.76. The third kappa shape index (κ3) is 3.74. The molecule has 0 saturated carbocycles. The number of anilines is 1. The fourth-order valence-corrected chi connectivity index (χ4v) is 1.79. The highest BCUT2D eigenvalue weighted by Crippen LogP contribution is 2.14. The summed E-state index contributed by atoms with van der Waals surface area (Å²) in [4.78, 5) is 13.5. The maximum Gasteiger partial charge on any atom is 0.324 e. The molecule has 0 bridgehead atoms. The van der Waals surface area contributed by atoms with Crippen LogP contribution in [-0.4, -0.2) is 39.8 Å². The minimum absolute atomic E-state index is 0.241. The van der Waals surface area contributed by atoms with Gasteiger partial charge in [-0.1, -0.05) is 19.1 Å². The van der Waals surface area contributed by atoms with Crippen LogP contribution in [0.5, 0.6) is 0 Å². The van der Waals surface area contributed by atoms with Crippen molar-refractivity contribution in [3.8, 4) is 0 Å². The summed E-state index contributed by atoms with van der Waals surface area (Å²) in [6.07, 6.45) is 1.03. The average molecular weight is 250 g/mol. The molecule has 1 aromatic carbocycles. The summed E-state index contributed by atoms with van der Waals surface area (Å²) in [5.41, 5.74) is 2.40. The molecule has 0 aliphatic carbocycles. The van der Waals surface area contributed by atoms with Crippen molar-refractivity contribution >= 4 is 11.7 Å². The molecule has 1 atom stereocenters. The molecule has 0 aromatic heterocycles. The molecule has 0 spiro atoms. The summed E-state index contributed by atoms with van der Waals surface area (Å²) in [5, 5.41) is 2.96. The van der Waals surface area contributed by atoms with Crippen LogP contribution in [0.4, 0.5) is 5.69 Å². The van der Waals surface area contributed by atoms with Crippen LogP contribution >= 0.6 is 0 Å². The standard InChI is InChI=1S/C14H22N2O2/c1-5-11-6-8-12(9-7-11)16(3)10-13(15-2)14(17)18-4/h6-9,13,15H,5,10H2,1-4H3. The molecule has 0 amide bonds. The van der Waals surface area contributed by atoms with Gasteiger partial charge in [-0.05, 0) is 31.2 Å².